The maximum absolute atomic E-state index is 12.7. The van der Waals surface area contributed by atoms with Crippen LogP contribution in [-0.2, 0) is 6.42 Å². The van der Waals surface area contributed by atoms with Crippen molar-refractivity contribution in [2.45, 2.75) is 18.9 Å². The number of carbonyl (C=O) groups is 1. The van der Waals surface area contributed by atoms with E-state index in [0.29, 0.717) is 16.9 Å². The summed E-state index contributed by atoms with van der Waals surface area (Å²) >= 11 is 0. The predicted octanol–water partition coefficient (Wildman–Crippen LogP) is 3.48. The van der Waals surface area contributed by atoms with E-state index in [0.717, 1.165) is 18.7 Å². The first-order chi connectivity index (χ1) is 13.8. The molecule has 138 valence electrons. The number of pyridine rings is 1. The molecule has 0 radical (unpaired) electrons. The quantitative estimate of drug-likeness (QED) is 0.575. The first kappa shape index (κ1) is 16.4. The highest BCUT2D eigenvalue weighted by Crippen LogP contribution is 2.33. The van der Waals surface area contributed by atoms with E-state index < -0.39 is 0 Å². The van der Waals surface area contributed by atoms with Gasteiger partial charge < -0.3 is 10.6 Å². The van der Waals surface area contributed by atoms with Gasteiger partial charge in [0.2, 0.25) is 0 Å². The van der Waals surface area contributed by atoms with Crippen LogP contribution >= 0.6 is 0 Å². The molecular formula is C21H18N6O. The van der Waals surface area contributed by atoms with E-state index >= 15 is 0 Å². The maximum atomic E-state index is 12.7. The van der Waals surface area contributed by atoms with Crippen molar-refractivity contribution in [3.05, 3.63) is 83.9 Å². The van der Waals surface area contributed by atoms with Gasteiger partial charge in [-0.15, -0.1) is 0 Å². The third-order valence-corrected chi connectivity index (χ3v) is 4.99. The fraction of sp³-hybridized carbons (Fsp3) is 0.143. The molecule has 0 spiro atoms. The second kappa shape index (κ2) is 6.77. The van der Waals surface area contributed by atoms with Gasteiger partial charge >= 0.3 is 0 Å². The summed E-state index contributed by atoms with van der Waals surface area (Å²) < 4.78 is 1.60. The van der Waals surface area contributed by atoms with Crippen molar-refractivity contribution in [2.75, 3.05) is 10.6 Å². The van der Waals surface area contributed by atoms with Gasteiger partial charge in [-0.2, -0.15) is 5.10 Å². The van der Waals surface area contributed by atoms with Crippen molar-refractivity contribution in [1.29, 1.82) is 0 Å². The first-order valence-corrected chi connectivity index (χ1v) is 9.18. The number of aromatic nitrogens is 4. The summed E-state index contributed by atoms with van der Waals surface area (Å²) in [6, 6.07) is 14.1. The Labute approximate surface area is 161 Å². The number of carbonyl (C=O) groups excluding carboxylic acids is 1. The number of fused-ring (bicyclic) bond motifs is 2. The lowest BCUT2D eigenvalue weighted by molar-refractivity contribution is 0.102. The lowest BCUT2D eigenvalue weighted by Crippen LogP contribution is -2.13. The molecule has 0 saturated heterocycles. The fourth-order valence-corrected chi connectivity index (χ4v) is 3.63. The van der Waals surface area contributed by atoms with E-state index in [-0.39, 0.29) is 11.9 Å². The highest BCUT2D eigenvalue weighted by Gasteiger charge is 2.22. The molecule has 4 aromatic rings. The third kappa shape index (κ3) is 2.96. The van der Waals surface area contributed by atoms with Crippen LogP contribution in [-0.4, -0.2) is 25.5 Å². The number of nitrogens with zero attached hydrogens (tertiary/aromatic N) is 4. The summed E-state index contributed by atoms with van der Waals surface area (Å²) in [5.74, 6) is 0.462. The van der Waals surface area contributed by atoms with Gasteiger partial charge in [0, 0.05) is 12.4 Å². The standard InChI is InChI=1S/C21H18N6O/c28-21(24-15-5-3-10-22-12-15)17-13-23-27-11-9-19(26-20(17)27)25-18-8-7-14-4-1-2-6-16(14)18/h1-6,9-13,18H,7-8H2,(H,24,28)(H,25,26). The van der Waals surface area contributed by atoms with Gasteiger partial charge in [-0.05, 0) is 42.2 Å². The zero-order valence-corrected chi connectivity index (χ0v) is 15.0. The number of hydrogen-bond donors (Lipinski definition) is 2. The van der Waals surface area contributed by atoms with E-state index in [4.69, 9.17) is 0 Å². The molecule has 1 atom stereocenters. The molecule has 5 rings (SSSR count). The highest BCUT2D eigenvalue weighted by atomic mass is 16.1. The Bertz CT molecular complexity index is 1150. The van der Waals surface area contributed by atoms with E-state index in [1.807, 2.05) is 12.3 Å². The van der Waals surface area contributed by atoms with E-state index in [9.17, 15) is 4.79 Å². The molecule has 0 bridgehead atoms. The zero-order valence-electron chi connectivity index (χ0n) is 15.0. The molecular weight excluding hydrogens is 352 g/mol. The second-order valence-corrected chi connectivity index (χ2v) is 6.77. The highest BCUT2D eigenvalue weighted by molar-refractivity contribution is 6.08. The Morgan fingerprint density at radius 1 is 1.11 bits per heavy atom. The normalized spacial score (nSPS) is 15.4. The van der Waals surface area contributed by atoms with Crippen LogP contribution < -0.4 is 10.6 Å². The number of rotatable bonds is 4. The molecule has 3 aromatic heterocycles. The van der Waals surface area contributed by atoms with Crippen molar-refractivity contribution in [2.24, 2.45) is 0 Å². The van der Waals surface area contributed by atoms with Crippen LogP contribution in [0.4, 0.5) is 11.5 Å². The summed E-state index contributed by atoms with van der Waals surface area (Å²) in [5, 5.41) is 10.6. The number of amides is 1. The topological polar surface area (TPSA) is 84.2 Å². The smallest absolute Gasteiger partial charge is 0.261 e. The largest absolute Gasteiger partial charge is 0.363 e. The summed E-state index contributed by atoms with van der Waals surface area (Å²) in [5.41, 5.74) is 4.25. The third-order valence-electron chi connectivity index (χ3n) is 4.99. The number of nitrogens with one attached hydrogen (secondary N) is 2. The minimum atomic E-state index is -0.265. The fourth-order valence-electron chi connectivity index (χ4n) is 3.63. The molecule has 0 saturated carbocycles. The zero-order chi connectivity index (χ0) is 18.9. The molecule has 3 heterocycles. The van der Waals surface area contributed by atoms with E-state index in [2.05, 4.69) is 50.0 Å². The van der Waals surface area contributed by atoms with Crippen molar-refractivity contribution in [1.82, 2.24) is 19.6 Å². The van der Waals surface area contributed by atoms with Crippen LogP contribution in [0.2, 0.25) is 0 Å². The van der Waals surface area contributed by atoms with E-state index in [1.54, 1.807) is 29.0 Å². The number of hydrogen-bond acceptors (Lipinski definition) is 5. The molecule has 1 aromatic carbocycles. The molecule has 1 aliphatic carbocycles. The summed E-state index contributed by atoms with van der Waals surface area (Å²) in [6.07, 6.45) is 8.68. The second-order valence-electron chi connectivity index (χ2n) is 6.77. The predicted molar refractivity (Wildman–Crippen MR) is 106 cm³/mol. The SMILES string of the molecule is O=C(Nc1cccnc1)c1cnn2ccc(NC3CCc4ccccc43)nc12. The van der Waals surface area contributed by atoms with Crippen molar-refractivity contribution in [3.63, 3.8) is 0 Å². The van der Waals surface area contributed by atoms with Crippen molar-refractivity contribution in [3.8, 4) is 0 Å². The Balaban J connectivity index is 1.42. The number of aryl methyl sites for hydroxylation is 1. The average molecular weight is 370 g/mol. The van der Waals surface area contributed by atoms with Gasteiger partial charge in [0.15, 0.2) is 5.65 Å². The Hall–Kier alpha value is -3.74. The molecule has 1 amide bonds. The molecule has 0 aliphatic heterocycles. The molecule has 28 heavy (non-hydrogen) atoms. The number of anilines is 2. The minimum Gasteiger partial charge on any atom is -0.363 e. The average Bonchev–Trinajstić information content (AvgIpc) is 3.33. The van der Waals surface area contributed by atoms with Crippen LogP contribution in [0.15, 0.2) is 67.3 Å². The monoisotopic (exact) mass is 370 g/mol. The van der Waals surface area contributed by atoms with Crippen LogP contribution in [0.25, 0.3) is 5.65 Å². The van der Waals surface area contributed by atoms with Gasteiger partial charge in [0.25, 0.3) is 5.91 Å². The molecule has 0 fully saturated rings. The van der Waals surface area contributed by atoms with Crippen molar-refractivity contribution >= 4 is 23.1 Å². The van der Waals surface area contributed by atoms with Gasteiger partial charge in [-0.1, -0.05) is 24.3 Å². The summed E-state index contributed by atoms with van der Waals surface area (Å²) in [6.45, 7) is 0. The molecule has 2 N–H and O–H groups in total. The van der Waals surface area contributed by atoms with Gasteiger partial charge in [-0.3, -0.25) is 9.78 Å². The summed E-state index contributed by atoms with van der Waals surface area (Å²) in [7, 11) is 0. The van der Waals surface area contributed by atoms with Gasteiger partial charge in [0.05, 0.1) is 24.1 Å². The molecule has 1 unspecified atom stereocenters. The minimum absolute atomic E-state index is 0.224. The lowest BCUT2D eigenvalue weighted by atomic mass is 10.1. The molecule has 7 heteroatoms. The van der Waals surface area contributed by atoms with Gasteiger partial charge in [0.1, 0.15) is 11.4 Å². The lowest BCUT2D eigenvalue weighted by Gasteiger charge is -2.15. The van der Waals surface area contributed by atoms with Crippen LogP contribution in [0.3, 0.4) is 0 Å². The molecule has 7 nitrogen and oxygen atoms in total. The number of benzene rings is 1. The first-order valence-electron chi connectivity index (χ1n) is 9.18. The Morgan fingerprint density at radius 3 is 2.93 bits per heavy atom. The Kier molecular flexibility index (Phi) is 3.97. The maximum Gasteiger partial charge on any atom is 0.261 e. The summed E-state index contributed by atoms with van der Waals surface area (Å²) in [4.78, 5) is 21.3. The van der Waals surface area contributed by atoms with Crippen LogP contribution in [0, 0.1) is 0 Å². The Morgan fingerprint density at radius 2 is 2.04 bits per heavy atom. The van der Waals surface area contributed by atoms with Crippen LogP contribution in [0.1, 0.15) is 33.9 Å². The van der Waals surface area contributed by atoms with Crippen molar-refractivity contribution < 1.29 is 4.79 Å². The van der Waals surface area contributed by atoms with Crippen LogP contribution in [0.5, 0.6) is 0 Å². The van der Waals surface area contributed by atoms with Gasteiger partial charge in [-0.25, -0.2) is 9.50 Å². The molecule has 1 aliphatic rings. The van der Waals surface area contributed by atoms with E-state index in [1.165, 1.54) is 17.3 Å².